The van der Waals surface area contributed by atoms with Crippen LogP contribution in [0.25, 0.3) is 0 Å². The molecule has 0 bridgehead atoms. The van der Waals surface area contributed by atoms with E-state index in [2.05, 4.69) is 21.2 Å². The van der Waals surface area contributed by atoms with E-state index in [9.17, 15) is 4.79 Å². The smallest absolute Gasteiger partial charge is 0.407 e. The molecular weight excluding hydrogens is 530 g/mol. The van der Waals surface area contributed by atoms with Crippen LogP contribution >= 0.6 is 15.9 Å². The van der Waals surface area contributed by atoms with Crippen molar-refractivity contribution in [2.24, 2.45) is 0 Å². The summed E-state index contributed by atoms with van der Waals surface area (Å²) in [6.45, 7) is 14.2. The molecule has 0 saturated carbocycles. The molecular formula is C23H46BrNO10. The van der Waals surface area contributed by atoms with Crippen molar-refractivity contribution in [3.05, 3.63) is 0 Å². The van der Waals surface area contributed by atoms with Crippen molar-refractivity contribution >= 4 is 22.0 Å². The third-order valence-electron chi connectivity index (χ3n) is 3.74. The zero-order chi connectivity index (χ0) is 25.9. The van der Waals surface area contributed by atoms with Gasteiger partial charge in [0.2, 0.25) is 0 Å². The summed E-state index contributed by atoms with van der Waals surface area (Å²) >= 11 is 3.29. The highest BCUT2D eigenvalue weighted by molar-refractivity contribution is 9.09. The third-order valence-corrected chi connectivity index (χ3v) is 4.06. The van der Waals surface area contributed by atoms with Gasteiger partial charge in [0.25, 0.3) is 0 Å². The number of alkyl carbamates (subject to hydrolysis) is 1. The summed E-state index contributed by atoms with van der Waals surface area (Å²) in [6.07, 6.45) is -0.447. The summed E-state index contributed by atoms with van der Waals surface area (Å²) in [5.74, 6) is 0. The van der Waals surface area contributed by atoms with E-state index in [1.807, 2.05) is 20.8 Å². The second-order valence-electron chi connectivity index (χ2n) is 8.02. The molecule has 0 aliphatic carbocycles. The molecule has 0 aliphatic rings. The first kappa shape index (κ1) is 34.4. The predicted molar refractivity (Wildman–Crippen MR) is 135 cm³/mol. The molecule has 12 heteroatoms. The second-order valence-corrected chi connectivity index (χ2v) is 8.81. The van der Waals surface area contributed by atoms with Crippen molar-refractivity contribution in [2.45, 2.75) is 26.4 Å². The van der Waals surface area contributed by atoms with Crippen molar-refractivity contribution in [2.75, 3.05) is 118 Å². The Morgan fingerprint density at radius 3 is 1.11 bits per heavy atom. The topological polar surface area (TPSA) is 112 Å². The number of rotatable bonds is 26. The van der Waals surface area contributed by atoms with Gasteiger partial charge in [-0.15, -0.1) is 0 Å². The summed E-state index contributed by atoms with van der Waals surface area (Å²) in [5, 5.41) is 3.46. The monoisotopic (exact) mass is 575 g/mol. The highest BCUT2D eigenvalue weighted by Gasteiger charge is 2.15. The Hall–Kier alpha value is -0.570. The van der Waals surface area contributed by atoms with Gasteiger partial charge >= 0.3 is 6.09 Å². The van der Waals surface area contributed by atoms with Crippen molar-refractivity contribution < 1.29 is 47.4 Å². The Kier molecular flexibility index (Phi) is 26.1. The molecule has 0 heterocycles. The van der Waals surface area contributed by atoms with E-state index in [-0.39, 0.29) is 0 Å². The zero-order valence-corrected chi connectivity index (χ0v) is 23.3. The number of amides is 1. The number of carbonyl (C=O) groups is 1. The maximum absolute atomic E-state index is 11.4. The van der Waals surface area contributed by atoms with Crippen molar-refractivity contribution in [3.8, 4) is 0 Å². The van der Waals surface area contributed by atoms with Gasteiger partial charge < -0.3 is 47.9 Å². The number of hydrogen-bond acceptors (Lipinski definition) is 10. The molecule has 0 fully saturated rings. The molecule has 0 spiro atoms. The van der Waals surface area contributed by atoms with Gasteiger partial charge in [0.1, 0.15) is 5.60 Å². The van der Waals surface area contributed by atoms with Gasteiger partial charge in [0.15, 0.2) is 0 Å². The van der Waals surface area contributed by atoms with Crippen molar-refractivity contribution in [1.82, 2.24) is 5.32 Å². The van der Waals surface area contributed by atoms with Gasteiger partial charge in [-0.05, 0) is 20.8 Å². The van der Waals surface area contributed by atoms with Gasteiger partial charge in [0.05, 0.1) is 106 Å². The quantitative estimate of drug-likeness (QED) is 0.121. The lowest BCUT2D eigenvalue weighted by atomic mass is 10.2. The van der Waals surface area contributed by atoms with Crippen molar-refractivity contribution in [1.29, 1.82) is 0 Å². The minimum Gasteiger partial charge on any atom is -0.444 e. The fraction of sp³-hybridized carbons (Fsp3) is 0.957. The highest BCUT2D eigenvalue weighted by atomic mass is 79.9. The average Bonchev–Trinajstić information content (AvgIpc) is 2.80. The van der Waals surface area contributed by atoms with Crippen molar-refractivity contribution in [3.63, 3.8) is 0 Å². The lowest BCUT2D eigenvalue weighted by Crippen LogP contribution is -2.34. The minimum absolute atomic E-state index is 0.390. The van der Waals surface area contributed by atoms with Gasteiger partial charge in [0, 0.05) is 11.9 Å². The predicted octanol–water partition coefficient (Wildman–Crippen LogP) is 2.04. The maximum Gasteiger partial charge on any atom is 0.407 e. The van der Waals surface area contributed by atoms with Crippen LogP contribution in [0.3, 0.4) is 0 Å². The molecule has 0 rings (SSSR count). The molecule has 0 radical (unpaired) electrons. The Labute approximate surface area is 218 Å². The molecule has 1 N–H and O–H groups in total. The molecule has 0 saturated heterocycles. The van der Waals surface area contributed by atoms with E-state index in [4.69, 9.17) is 42.6 Å². The van der Waals surface area contributed by atoms with Crippen LogP contribution in [-0.4, -0.2) is 129 Å². The lowest BCUT2D eigenvalue weighted by molar-refractivity contribution is -0.0227. The van der Waals surface area contributed by atoms with E-state index in [1.165, 1.54) is 0 Å². The van der Waals surface area contributed by atoms with Gasteiger partial charge in [-0.1, -0.05) is 15.9 Å². The summed E-state index contributed by atoms with van der Waals surface area (Å²) in [6, 6.07) is 0. The van der Waals surface area contributed by atoms with E-state index < -0.39 is 11.7 Å². The number of halogens is 1. The third kappa shape index (κ3) is 31.4. The number of ether oxygens (including phenoxy) is 9. The van der Waals surface area contributed by atoms with E-state index in [0.717, 1.165) is 5.33 Å². The lowest BCUT2D eigenvalue weighted by Gasteiger charge is -2.19. The van der Waals surface area contributed by atoms with Gasteiger partial charge in [-0.3, -0.25) is 0 Å². The van der Waals surface area contributed by atoms with Gasteiger partial charge in [-0.25, -0.2) is 4.79 Å². The van der Waals surface area contributed by atoms with Crippen LogP contribution in [0.15, 0.2) is 0 Å². The zero-order valence-electron chi connectivity index (χ0n) is 21.7. The molecule has 210 valence electrons. The fourth-order valence-corrected chi connectivity index (χ4v) is 2.46. The Morgan fingerprint density at radius 2 is 0.829 bits per heavy atom. The molecule has 0 aromatic carbocycles. The van der Waals surface area contributed by atoms with Crippen LogP contribution in [0, 0.1) is 0 Å². The summed E-state index contributed by atoms with van der Waals surface area (Å²) in [5.41, 5.74) is -0.503. The molecule has 0 aromatic rings. The van der Waals surface area contributed by atoms with E-state index in [1.54, 1.807) is 0 Å². The Morgan fingerprint density at radius 1 is 0.543 bits per heavy atom. The molecule has 11 nitrogen and oxygen atoms in total. The molecule has 0 atom stereocenters. The second kappa shape index (κ2) is 26.5. The van der Waals surface area contributed by atoms with Gasteiger partial charge in [-0.2, -0.15) is 0 Å². The standard InChI is InChI=1S/C23H46BrNO10/c1-23(2,3)35-22(26)25-5-7-28-9-11-30-13-15-32-17-19-34-21-20-33-18-16-31-14-12-29-10-8-27-6-4-24/h4-21H2,1-3H3,(H,25,26). The molecule has 35 heavy (non-hydrogen) atoms. The Balaban J connectivity index is 3.09. The number of hydrogen-bond donors (Lipinski definition) is 1. The number of alkyl halides is 1. The summed E-state index contributed by atoms with van der Waals surface area (Å²) < 4.78 is 48.2. The summed E-state index contributed by atoms with van der Waals surface area (Å²) in [7, 11) is 0. The minimum atomic E-state index is -0.503. The normalized spacial score (nSPS) is 11.7. The largest absolute Gasteiger partial charge is 0.444 e. The van der Waals surface area contributed by atoms with Crippen LogP contribution < -0.4 is 5.32 Å². The highest BCUT2D eigenvalue weighted by Crippen LogP contribution is 2.06. The number of nitrogens with one attached hydrogen (secondary N) is 1. The SMILES string of the molecule is CC(C)(C)OC(=O)NCCOCCOCCOCCOCCOCCOCCOCCOCCBr. The molecule has 0 unspecified atom stereocenters. The fourth-order valence-electron chi connectivity index (χ4n) is 2.24. The van der Waals surface area contributed by atoms with Crippen LogP contribution in [0.5, 0.6) is 0 Å². The molecule has 1 amide bonds. The Bertz CT molecular complexity index is 455. The first-order chi connectivity index (χ1) is 17.0. The summed E-state index contributed by atoms with van der Waals surface area (Å²) in [4.78, 5) is 11.4. The van der Waals surface area contributed by atoms with Crippen LogP contribution in [0.2, 0.25) is 0 Å². The maximum atomic E-state index is 11.4. The first-order valence-electron chi connectivity index (χ1n) is 12.1. The molecule has 0 aromatic heterocycles. The number of carbonyl (C=O) groups excluding carboxylic acids is 1. The van der Waals surface area contributed by atoms with E-state index >= 15 is 0 Å². The van der Waals surface area contributed by atoms with Crippen LogP contribution in [0.1, 0.15) is 20.8 Å². The molecule has 0 aliphatic heterocycles. The van der Waals surface area contributed by atoms with Crippen LogP contribution in [0.4, 0.5) is 4.79 Å². The average molecular weight is 577 g/mol. The van der Waals surface area contributed by atoms with E-state index in [0.29, 0.717) is 112 Å². The van der Waals surface area contributed by atoms with Crippen LogP contribution in [-0.2, 0) is 42.6 Å². The first-order valence-corrected chi connectivity index (χ1v) is 13.2.